The van der Waals surface area contributed by atoms with E-state index in [2.05, 4.69) is 78.1 Å². The van der Waals surface area contributed by atoms with E-state index in [1.807, 2.05) is 19.1 Å². The normalized spacial score (nSPS) is 23.2. The second-order valence-electron chi connectivity index (χ2n) is 12.0. The van der Waals surface area contributed by atoms with Crippen LogP contribution in [0.1, 0.15) is 71.0 Å². The molecule has 43 heavy (non-hydrogen) atoms. The van der Waals surface area contributed by atoms with E-state index < -0.39 is 11.9 Å². The van der Waals surface area contributed by atoms with Gasteiger partial charge in [0, 0.05) is 74.9 Å². The van der Waals surface area contributed by atoms with Gasteiger partial charge in [0.2, 0.25) is 0 Å². The first-order valence-corrected chi connectivity index (χ1v) is 14.7. The maximum absolute atomic E-state index is 11.7. The van der Waals surface area contributed by atoms with Crippen molar-refractivity contribution < 1.29 is 19.8 Å². The number of rotatable bonds is 8. The van der Waals surface area contributed by atoms with E-state index in [1.165, 1.54) is 0 Å². The van der Waals surface area contributed by atoms with E-state index in [9.17, 15) is 19.8 Å². The summed E-state index contributed by atoms with van der Waals surface area (Å²) in [5.74, 6) is -1.64. The summed E-state index contributed by atoms with van der Waals surface area (Å²) < 4.78 is 0. The van der Waals surface area contributed by atoms with Crippen LogP contribution in [-0.2, 0) is 16.0 Å². The number of carboxylic acids is 2. The van der Waals surface area contributed by atoms with Crippen LogP contribution in [0.25, 0.3) is 36.5 Å². The van der Waals surface area contributed by atoms with E-state index in [0.717, 1.165) is 84.0 Å². The molecule has 1 fully saturated rings. The number of hydrogen-bond acceptors (Lipinski definition) is 3. The Balaban J connectivity index is 1.70. The number of aromatic amines is 3. The van der Waals surface area contributed by atoms with Crippen molar-refractivity contribution in [3.05, 3.63) is 90.6 Å². The molecule has 2 atom stereocenters. The number of carbonyl (C=O) groups is 2. The Kier molecular flexibility index (Phi) is 6.75. The highest BCUT2D eigenvalue weighted by Crippen LogP contribution is 2.56. The molecule has 6 rings (SSSR count). The molecule has 8 heteroatoms. The highest BCUT2D eigenvalue weighted by molar-refractivity contribution is 5.73. The number of nitrogens with one attached hydrogen (secondary N) is 3. The second kappa shape index (κ2) is 10.2. The number of nitrogens with zero attached hydrogens (tertiary/aromatic N) is 1. The maximum atomic E-state index is 11.7. The van der Waals surface area contributed by atoms with Crippen molar-refractivity contribution in [3.63, 3.8) is 0 Å². The molecule has 1 unspecified atom stereocenters. The standard InChI is InChI=1S/C35H38N4O4/c1-7-22-18(3)26-13-30-23(8-2)19(4)28(37-30)15-32-21(6)25(10-12-34(42)43)35(17-39(32)35)16-31-24(9-11-33(40)41)20(5)27(38-31)14-29(22)36-26/h7-8,13-16,25,36-38H,1-2,9-12,17H2,3-6H3,(H,40,41)(H,42,43)/b27-14+,28-15-,30-13-,31-16-/t25?,35-,39?/m0/s1. The molecule has 1 saturated heterocycles. The number of H-pyrrole nitrogens is 3. The monoisotopic (exact) mass is 578 g/mol. The summed E-state index contributed by atoms with van der Waals surface area (Å²) in [7, 11) is 0. The summed E-state index contributed by atoms with van der Waals surface area (Å²) in [4.78, 5) is 36.5. The van der Waals surface area contributed by atoms with Gasteiger partial charge in [0.05, 0.1) is 5.54 Å². The summed E-state index contributed by atoms with van der Waals surface area (Å²) in [6, 6.07) is 0. The quantitative estimate of drug-likeness (QED) is 0.263. The van der Waals surface area contributed by atoms with Gasteiger partial charge in [-0.1, -0.05) is 25.3 Å². The molecule has 0 aliphatic carbocycles. The molecule has 0 amide bonds. The Morgan fingerprint density at radius 3 is 2.19 bits per heavy atom. The molecule has 3 aliphatic heterocycles. The molecule has 8 nitrogen and oxygen atoms in total. The Bertz CT molecular complexity index is 2010. The molecule has 222 valence electrons. The number of hydrogen-bond donors (Lipinski definition) is 5. The predicted molar refractivity (Wildman–Crippen MR) is 170 cm³/mol. The molecule has 0 saturated carbocycles. The average Bonchev–Trinajstić information content (AvgIpc) is 3.19. The summed E-state index contributed by atoms with van der Waals surface area (Å²) in [6.45, 7) is 17.2. The smallest absolute Gasteiger partial charge is 0.303 e. The van der Waals surface area contributed by atoms with Crippen molar-refractivity contribution in [2.24, 2.45) is 5.92 Å². The lowest BCUT2D eigenvalue weighted by Crippen LogP contribution is -2.27. The van der Waals surface area contributed by atoms with Gasteiger partial charge in [-0.3, -0.25) is 9.59 Å². The van der Waals surface area contributed by atoms with Gasteiger partial charge in [0.1, 0.15) is 0 Å². The molecule has 3 aromatic heterocycles. The third kappa shape index (κ3) is 4.52. The molecule has 0 aromatic carbocycles. The van der Waals surface area contributed by atoms with Crippen molar-refractivity contribution in [2.75, 3.05) is 6.54 Å². The van der Waals surface area contributed by atoms with Crippen LogP contribution in [0, 0.1) is 26.7 Å². The fraction of sp³-hybridized carbons (Fsp3) is 0.314. The van der Waals surface area contributed by atoms with Crippen LogP contribution in [0.4, 0.5) is 0 Å². The Hall–Kier alpha value is -4.72. The molecule has 3 aliphatic rings. The third-order valence-corrected chi connectivity index (χ3v) is 9.71. The van der Waals surface area contributed by atoms with Gasteiger partial charge in [0.25, 0.3) is 0 Å². The fourth-order valence-electron chi connectivity index (χ4n) is 7.27. The molecule has 0 radical (unpaired) electrons. The minimum Gasteiger partial charge on any atom is -0.481 e. The van der Waals surface area contributed by atoms with Gasteiger partial charge >= 0.3 is 11.9 Å². The maximum Gasteiger partial charge on any atom is 0.303 e. The Morgan fingerprint density at radius 2 is 1.51 bits per heavy atom. The predicted octanol–water partition coefficient (Wildman–Crippen LogP) is 2.95. The number of fused-ring (bicyclic) bond motifs is 6. The van der Waals surface area contributed by atoms with Crippen LogP contribution in [-0.4, -0.2) is 54.1 Å². The molecule has 3 aromatic rings. The van der Waals surface area contributed by atoms with E-state index in [4.69, 9.17) is 0 Å². The fourth-order valence-corrected chi connectivity index (χ4v) is 7.27. The second-order valence-corrected chi connectivity index (χ2v) is 12.0. The van der Waals surface area contributed by atoms with E-state index >= 15 is 0 Å². The molecular weight excluding hydrogens is 540 g/mol. The van der Waals surface area contributed by atoms with Crippen molar-refractivity contribution in [2.45, 2.75) is 58.9 Å². The molecule has 0 spiro atoms. The Morgan fingerprint density at radius 1 is 0.860 bits per heavy atom. The SMILES string of the molecule is C=Cc1c2[nH]c(c1C)/C=c1\[nH]/c(c(C)c1C=C)=C\C1=C(C)C(CCC(=O)O)[C@]3(/C=c4\[nH]/c(c(C)c4CCC(=O)O)=C/2)CN13. The number of allylic oxidation sites excluding steroid dienone is 1. The van der Waals surface area contributed by atoms with Crippen LogP contribution in [0.2, 0.25) is 0 Å². The zero-order valence-electron chi connectivity index (χ0n) is 25.1. The van der Waals surface area contributed by atoms with Gasteiger partial charge in [-0.05, 0) is 92.7 Å². The van der Waals surface area contributed by atoms with Crippen molar-refractivity contribution >= 4 is 48.4 Å². The van der Waals surface area contributed by atoms with Crippen LogP contribution in [0.15, 0.2) is 24.4 Å². The zero-order chi connectivity index (χ0) is 30.8. The van der Waals surface area contributed by atoms with E-state index in [-0.39, 0.29) is 24.3 Å². The van der Waals surface area contributed by atoms with Gasteiger partial charge < -0.3 is 30.1 Å². The number of aliphatic carboxylic acids is 2. The third-order valence-electron chi connectivity index (χ3n) is 9.71. The summed E-state index contributed by atoms with van der Waals surface area (Å²) in [5, 5.41) is 22.9. The van der Waals surface area contributed by atoms with Gasteiger partial charge in [0.15, 0.2) is 0 Å². The van der Waals surface area contributed by atoms with E-state index in [0.29, 0.717) is 12.8 Å². The number of aromatic nitrogens is 3. The molecule has 6 heterocycles. The first kappa shape index (κ1) is 28.4. The molecule has 8 bridgehead atoms. The Labute approximate surface area is 249 Å². The zero-order valence-corrected chi connectivity index (χ0v) is 25.1. The highest BCUT2D eigenvalue weighted by atomic mass is 16.4. The van der Waals surface area contributed by atoms with Gasteiger partial charge in [-0.25, -0.2) is 0 Å². The van der Waals surface area contributed by atoms with Crippen LogP contribution in [0.3, 0.4) is 0 Å². The largest absolute Gasteiger partial charge is 0.481 e. The summed E-state index contributed by atoms with van der Waals surface area (Å²) >= 11 is 0. The molecule has 5 N–H and O–H groups in total. The average molecular weight is 579 g/mol. The first-order valence-electron chi connectivity index (χ1n) is 14.7. The minimum absolute atomic E-state index is 0.00892. The van der Waals surface area contributed by atoms with Crippen molar-refractivity contribution in [1.82, 2.24) is 19.9 Å². The molecular formula is C35H38N4O4. The number of carboxylic acid groups (broad SMARTS) is 2. The van der Waals surface area contributed by atoms with Gasteiger partial charge in [-0.2, -0.15) is 0 Å². The van der Waals surface area contributed by atoms with Crippen LogP contribution in [0.5, 0.6) is 0 Å². The first-order chi connectivity index (χ1) is 20.5. The summed E-state index contributed by atoms with van der Waals surface area (Å²) in [5.41, 5.74) is 9.92. The van der Waals surface area contributed by atoms with Crippen LogP contribution >= 0.6 is 0 Å². The van der Waals surface area contributed by atoms with Crippen molar-refractivity contribution in [1.29, 1.82) is 0 Å². The van der Waals surface area contributed by atoms with Crippen molar-refractivity contribution in [3.8, 4) is 0 Å². The lowest BCUT2D eigenvalue weighted by atomic mass is 9.83. The van der Waals surface area contributed by atoms with Crippen LogP contribution < -0.4 is 21.4 Å². The topological polar surface area (TPSA) is 125 Å². The highest BCUT2D eigenvalue weighted by Gasteiger charge is 2.61. The van der Waals surface area contributed by atoms with Gasteiger partial charge in [-0.15, -0.1) is 0 Å². The lowest BCUT2D eigenvalue weighted by Gasteiger charge is -2.19. The van der Waals surface area contributed by atoms with E-state index in [1.54, 1.807) is 0 Å². The minimum atomic E-state index is -0.843. The lowest BCUT2D eigenvalue weighted by molar-refractivity contribution is -0.138. The summed E-state index contributed by atoms with van der Waals surface area (Å²) in [6.07, 6.45) is 13.3.